The van der Waals surface area contributed by atoms with Crippen LogP contribution in [0.4, 0.5) is 0 Å². The second-order valence-corrected chi connectivity index (χ2v) is 8.33. The van der Waals surface area contributed by atoms with E-state index in [1.807, 2.05) is 21.9 Å². The zero-order valence-corrected chi connectivity index (χ0v) is 17.9. The lowest BCUT2D eigenvalue weighted by atomic mass is 9.92. The first-order valence-corrected chi connectivity index (χ1v) is 10.6. The molecule has 8 heteroatoms. The summed E-state index contributed by atoms with van der Waals surface area (Å²) >= 11 is 0. The van der Waals surface area contributed by atoms with Crippen LogP contribution in [0.1, 0.15) is 56.6 Å². The maximum Gasteiger partial charge on any atom is 0.259 e. The number of carbonyl (C=O) groups excluding carboxylic acids is 2. The largest absolute Gasteiger partial charge is 0.361 e. The van der Waals surface area contributed by atoms with Crippen LogP contribution in [0, 0.1) is 13.8 Å². The molecule has 2 aromatic heterocycles. The summed E-state index contributed by atoms with van der Waals surface area (Å²) in [5.74, 6) is 0.918. The molecular weight excluding hydrogens is 382 g/mol. The van der Waals surface area contributed by atoms with Crippen LogP contribution in [0.2, 0.25) is 0 Å². The van der Waals surface area contributed by atoms with Gasteiger partial charge in [0.05, 0.1) is 11.3 Å². The Morgan fingerprint density at radius 3 is 2.20 bits per heavy atom. The van der Waals surface area contributed by atoms with E-state index in [2.05, 4.69) is 22.1 Å². The molecule has 4 rings (SSSR count). The Morgan fingerprint density at radius 1 is 0.967 bits per heavy atom. The van der Waals surface area contributed by atoms with Crippen molar-refractivity contribution in [3.05, 3.63) is 46.6 Å². The summed E-state index contributed by atoms with van der Waals surface area (Å²) in [7, 11) is 2.07. The minimum atomic E-state index is -0.00854. The maximum atomic E-state index is 12.8. The third-order valence-corrected chi connectivity index (χ3v) is 6.27. The van der Waals surface area contributed by atoms with E-state index in [0.717, 1.165) is 44.7 Å². The normalized spacial score (nSPS) is 18.6. The van der Waals surface area contributed by atoms with Gasteiger partial charge in [0.15, 0.2) is 0 Å². The predicted octanol–water partition coefficient (Wildman–Crippen LogP) is 2.09. The second-order valence-electron chi connectivity index (χ2n) is 8.33. The summed E-state index contributed by atoms with van der Waals surface area (Å²) in [4.78, 5) is 36.1. The van der Waals surface area contributed by atoms with Crippen molar-refractivity contribution >= 4 is 11.8 Å². The van der Waals surface area contributed by atoms with Crippen molar-refractivity contribution in [2.24, 2.45) is 0 Å². The lowest BCUT2D eigenvalue weighted by molar-refractivity contribution is 0.0661. The molecule has 4 heterocycles. The number of hydrogen-bond acceptors (Lipinski definition) is 6. The van der Waals surface area contributed by atoms with E-state index in [9.17, 15) is 9.59 Å². The summed E-state index contributed by atoms with van der Waals surface area (Å²) in [5, 5.41) is 3.89. The lowest BCUT2D eigenvalue weighted by Gasteiger charge is -2.33. The zero-order valence-electron chi connectivity index (χ0n) is 17.9. The van der Waals surface area contributed by atoms with Gasteiger partial charge in [-0.2, -0.15) is 0 Å². The highest BCUT2D eigenvalue weighted by Gasteiger charge is 2.29. The molecule has 160 valence electrons. The second kappa shape index (κ2) is 8.55. The van der Waals surface area contributed by atoms with Gasteiger partial charge >= 0.3 is 0 Å². The summed E-state index contributed by atoms with van der Waals surface area (Å²) in [6.07, 6.45) is 3.42. The topological polar surface area (TPSA) is 82.8 Å². The highest BCUT2D eigenvalue weighted by molar-refractivity contribution is 5.96. The number of aromatic nitrogens is 2. The van der Waals surface area contributed by atoms with Crippen LogP contribution in [0.5, 0.6) is 0 Å². The number of hydrogen-bond donors (Lipinski definition) is 0. The van der Waals surface area contributed by atoms with Gasteiger partial charge in [-0.3, -0.25) is 14.6 Å². The van der Waals surface area contributed by atoms with Crippen molar-refractivity contribution in [1.82, 2.24) is 24.8 Å². The maximum absolute atomic E-state index is 12.8. The van der Waals surface area contributed by atoms with Crippen molar-refractivity contribution in [3.63, 3.8) is 0 Å². The van der Waals surface area contributed by atoms with Gasteiger partial charge in [0, 0.05) is 57.1 Å². The predicted molar refractivity (Wildman–Crippen MR) is 111 cm³/mol. The molecule has 0 aromatic carbocycles. The number of carbonyl (C=O) groups is 2. The average molecular weight is 412 g/mol. The monoisotopic (exact) mass is 411 g/mol. The first-order valence-electron chi connectivity index (χ1n) is 10.6. The molecule has 2 amide bonds. The van der Waals surface area contributed by atoms with E-state index in [4.69, 9.17) is 4.52 Å². The fourth-order valence-corrected chi connectivity index (χ4v) is 4.29. The molecule has 0 N–H and O–H groups in total. The van der Waals surface area contributed by atoms with Gasteiger partial charge in [0.2, 0.25) is 0 Å². The number of amides is 2. The van der Waals surface area contributed by atoms with Gasteiger partial charge in [0.1, 0.15) is 11.3 Å². The van der Waals surface area contributed by atoms with Gasteiger partial charge in [-0.05, 0) is 45.9 Å². The third kappa shape index (κ3) is 4.09. The number of nitrogens with zero attached hydrogens (tertiary/aromatic N) is 5. The standard InChI is InChI=1S/C22H29N5O3/c1-15-20(16(2)30-24-15)22(29)26-8-6-17(7-9-26)19-5-4-18(14-23-19)21(28)27-12-10-25(3)11-13-27/h4-5,14,17H,6-13H2,1-3H3. The SMILES string of the molecule is Cc1noc(C)c1C(=O)N1CCC(c2ccc(C(=O)N3CCN(C)CC3)cn2)CC1. The number of pyridine rings is 1. The van der Waals surface area contributed by atoms with Gasteiger partial charge in [0.25, 0.3) is 11.8 Å². The summed E-state index contributed by atoms with van der Waals surface area (Å²) in [6.45, 7) is 8.25. The molecule has 2 fully saturated rings. The van der Waals surface area contributed by atoms with E-state index >= 15 is 0 Å². The number of rotatable bonds is 3. The van der Waals surface area contributed by atoms with Crippen molar-refractivity contribution in [2.75, 3.05) is 46.3 Å². The number of likely N-dealkylation sites (N-methyl/N-ethyl adjacent to an activating group) is 1. The molecule has 2 saturated heterocycles. The van der Waals surface area contributed by atoms with Crippen LogP contribution < -0.4 is 0 Å². The van der Waals surface area contributed by atoms with Gasteiger partial charge in [-0.15, -0.1) is 0 Å². The fraction of sp³-hybridized carbons (Fsp3) is 0.545. The molecule has 0 atom stereocenters. The van der Waals surface area contributed by atoms with E-state index in [1.54, 1.807) is 20.0 Å². The number of piperazine rings is 1. The lowest BCUT2D eigenvalue weighted by Crippen LogP contribution is -2.47. The molecule has 0 spiro atoms. The van der Waals surface area contributed by atoms with Gasteiger partial charge < -0.3 is 19.2 Å². The summed E-state index contributed by atoms with van der Waals surface area (Å²) in [5.41, 5.74) is 2.86. The molecule has 30 heavy (non-hydrogen) atoms. The number of likely N-dealkylation sites (tertiary alicyclic amines) is 1. The van der Waals surface area contributed by atoms with Crippen molar-refractivity contribution in [2.45, 2.75) is 32.6 Å². The number of piperidine rings is 1. The molecule has 0 saturated carbocycles. The molecule has 2 aromatic rings. The zero-order chi connectivity index (χ0) is 21.3. The Labute approximate surface area is 176 Å². The van der Waals surface area contributed by atoms with Crippen LogP contribution in [0.25, 0.3) is 0 Å². The van der Waals surface area contributed by atoms with E-state index in [-0.39, 0.29) is 11.8 Å². The Morgan fingerprint density at radius 2 is 1.63 bits per heavy atom. The molecule has 0 unspecified atom stereocenters. The molecule has 8 nitrogen and oxygen atoms in total. The first kappa shape index (κ1) is 20.5. The van der Waals surface area contributed by atoms with Crippen LogP contribution in [0.3, 0.4) is 0 Å². The van der Waals surface area contributed by atoms with Crippen LogP contribution >= 0.6 is 0 Å². The smallest absolute Gasteiger partial charge is 0.259 e. The van der Waals surface area contributed by atoms with Crippen LogP contribution in [0.15, 0.2) is 22.9 Å². The first-order chi connectivity index (χ1) is 14.4. The highest BCUT2D eigenvalue weighted by atomic mass is 16.5. The third-order valence-electron chi connectivity index (χ3n) is 6.27. The molecule has 0 aliphatic carbocycles. The van der Waals surface area contributed by atoms with E-state index < -0.39 is 0 Å². The van der Waals surface area contributed by atoms with E-state index in [0.29, 0.717) is 41.6 Å². The minimum absolute atomic E-state index is 0.00854. The highest BCUT2D eigenvalue weighted by Crippen LogP contribution is 2.28. The fourth-order valence-electron chi connectivity index (χ4n) is 4.29. The molecule has 0 bridgehead atoms. The van der Waals surface area contributed by atoms with Crippen molar-refractivity contribution < 1.29 is 14.1 Å². The molecule has 2 aliphatic heterocycles. The average Bonchev–Trinajstić information content (AvgIpc) is 3.11. The summed E-state index contributed by atoms with van der Waals surface area (Å²) in [6, 6.07) is 3.87. The Hall–Kier alpha value is -2.74. The molecule has 2 aliphatic rings. The molecule has 0 radical (unpaired) electrons. The minimum Gasteiger partial charge on any atom is -0.361 e. The van der Waals surface area contributed by atoms with Crippen LogP contribution in [-0.2, 0) is 0 Å². The Bertz CT molecular complexity index is 888. The Kier molecular flexibility index (Phi) is 5.85. The van der Waals surface area contributed by atoms with Gasteiger partial charge in [-0.25, -0.2) is 0 Å². The van der Waals surface area contributed by atoms with Crippen molar-refractivity contribution in [3.8, 4) is 0 Å². The number of aryl methyl sites for hydroxylation is 2. The Balaban J connectivity index is 1.35. The summed E-state index contributed by atoms with van der Waals surface area (Å²) < 4.78 is 5.14. The van der Waals surface area contributed by atoms with Crippen molar-refractivity contribution in [1.29, 1.82) is 0 Å². The van der Waals surface area contributed by atoms with Crippen LogP contribution in [-0.4, -0.2) is 83.0 Å². The quantitative estimate of drug-likeness (QED) is 0.769. The molecular formula is C22H29N5O3. The van der Waals surface area contributed by atoms with E-state index in [1.165, 1.54) is 0 Å². The van der Waals surface area contributed by atoms with Gasteiger partial charge in [-0.1, -0.05) is 5.16 Å².